The molecule has 1 unspecified atom stereocenters. The average molecular weight is 278 g/mol. The van der Waals surface area contributed by atoms with Crippen LogP contribution in [0, 0.1) is 0 Å². The summed E-state index contributed by atoms with van der Waals surface area (Å²) < 4.78 is 11.4. The summed E-state index contributed by atoms with van der Waals surface area (Å²) in [5.41, 5.74) is 5.97. The van der Waals surface area contributed by atoms with Gasteiger partial charge in [-0.1, -0.05) is 6.07 Å². The summed E-state index contributed by atoms with van der Waals surface area (Å²) in [5, 5.41) is 0. The number of para-hydroxylation sites is 1. The van der Waals surface area contributed by atoms with Crippen LogP contribution in [0.15, 0.2) is 18.2 Å². The number of likely N-dealkylation sites (N-methyl/N-ethyl adjacent to an activating group) is 1. The lowest BCUT2D eigenvalue weighted by molar-refractivity contribution is 0.0933. The predicted molar refractivity (Wildman–Crippen MR) is 77.5 cm³/mol. The number of nitrogens with zero attached hydrogens (tertiary/aromatic N) is 1. The number of carbonyl (C=O) groups is 1. The number of piperidine rings is 1. The average Bonchev–Trinajstić information content (AvgIpc) is 2.46. The number of Topliss-reactive ketones (excluding diaryl/α,β-unsaturated/α-hetero) is 1. The fourth-order valence-corrected chi connectivity index (χ4v) is 2.51. The molecule has 1 aliphatic rings. The summed E-state index contributed by atoms with van der Waals surface area (Å²) in [6.45, 7) is 1.91. The highest BCUT2D eigenvalue weighted by molar-refractivity contribution is 6.00. The van der Waals surface area contributed by atoms with Crippen molar-refractivity contribution in [3.8, 4) is 11.5 Å². The molecule has 0 radical (unpaired) electrons. The van der Waals surface area contributed by atoms with E-state index in [-0.39, 0.29) is 18.4 Å². The van der Waals surface area contributed by atoms with Gasteiger partial charge in [-0.15, -0.1) is 0 Å². The molecule has 1 aliphatic heterocycles. The Labute approximate surface area is 119 Å². The van der Waals surface area contributed by atoms with E-state index >= 15 is 0 Å². The number of hydrogen-bond acceptors (Lipinski definition) is 5. The highest BCUT2D eigenvalue weighted by Gasteiger charge is 2.23. The Hall–Kier alpha value is -1.59. The zero-order valence-electron chi connectivity index (χ0n) is 12.1. The Morgan fingerprint density at radius 2 is 2.30 bits per heavy atom. The SMILES string of the molecule is COc1cccc(C(=O)CN)c1OC1CCCN(C)C1. The molecular weight excluding hydrogens is 256 g/mol. The van der Waals surface area contributed by atoms with Crippen molar-refractivity contribution >= 4 is 5.78 Å². The van der Waals surface area contributed by atoms with E-state index in [1.54, 1.807) is 25.3 Å². The van der Waals surface area contributed by atoms with Gasteiger partial charge >= 0.3 is 0 Å². The Kier molecular flexibility index (Phi) is 4.98. The molecular formula is C15H22N2O3. The van der Waals surface area contributed by atoms with Crippen LogP contribution in [0.3, 0.4) is 0 Å². The summed E-state index contributed by atoms with van der Waals surface area (Å²) in [5.74, 6) is 0.964. The maximum Gasteiger partial charge on any atom is 0.180 e. The van der Waals surface area contributed by atoms with Crippen molar-refractivity contribution in [3.63, 3.8) is 0 Å². The summed E-state index contributed by atoms with van der Waals surface area (Å²) in [7, 11) is 3.65. The van der Waals surface area contributed by atoms with Gasteiger partial charge in [0.25, 0.3) is 0 Å². The molecule has 1 saturated heterocycles. The van der Waals surface area contributed by atoms with Crippen LogP contribution in [-0.2, 0) is 0 Å². The van der Waals surface area contributed by atoms with Gasteiger partial charge in [-0.3, -0.25) is 4.79 Å². The summed E-state index contributed by atoms with van der Waals surface area (Å²) in [4.78, 5) is 14.2. The zero-order valence-corrected chi connectivity index (χ0v) is 12.1. The van der Waals surface area contributed by atoms with Crippen LogP contribution in [0.25, 0.3) is 0 Å². The Morgan fingerprint density at radius 1 is 1.50 bits per heavy atom. The van der Waals surface area contributed by atoms with E-state index in [1.165, 1.54) is 0 Å². The number of ether oxygens (including phenoxy) is 2. The fraction of sp³-hybridized carbons (Fsp3) is 0.533. The molecule has 20 heavy (non-hydrogen) atoms. The lowest BCUT2D eigenvalue weighted by atomic mass is 10.1. The lowest BCUT2D eigenvalue weighted by Crippen LogP contribution is -2.39. The molecule has 0 bridgehead atoms. The van der Waals surface area contributed by atoms with Gasteiger partial charge in [0.15, 0.2) is 17.3 Å². The van der Waals surface area contributed by atoms with E-state index in [2.05, 4.69) is 11.9 Å². The van der Waals surface area contributed by atoms with E-state index in [0.29, 0.717) is 17.1 Å². The van der Waals surface area contributed by atoms with E-state index in [9.17, 15) is 4.79 Å². The number of nitrogens with two attached hydrogens (primary N) is 1. The van der Waals surface area contributed by atoms with E-state index in [1.807, 2.05) is 0 Å². The normalized spacial score (nSPS) is 19.6. The molecule has 0 amide bonds. The van der Waals surface area contributed by atoms with Crippen LogP contribution in [0.2, 0.25) is 0 Å². The quantitative estimate of drug-likeness (QED) is 0.823. The second-order valence-electron chi connectivity index (χ2n) is 5.11. The monoisotopic (exact) mass is 278 g/mol. The number of methoxy groups -OCH3 is 1. The number of ketones is 1. The van der Waals surface area contributed by atoms with Gasteiger partial charge in [-0.25, -0.2) is 0 Å². The fourth-order valence-electron chi connectivity index (χ4n) is 2.51. The first-order valence-electron chi connectivity index (χ1n) is 6.91. The number of benzene rings is 1. The minimum absolute atomic E-state index is 0.0336. The molecule has 1 heterocycles. The standard InChI is InChI=1S/C15H22N2O3/c1-17-8-4-5-11(10-17)20-15-12(13(18)9-16)6-3-7-14(15)19-2/h3,6-7,11H,4-5,8-10,16H2,1-2H3. The Bertz CT molecular complexity index is 476. The van der Waals surface area contributed by atoms with Crippen LogP contribution < -0.4 is 15.2 Å². The van der Waals surface area contributed by atoms with Crippen molar-refractivity contribution in [3.05, 3.63) is 23.8 Å². The minimum Gasteiger partial charge on any atom is -0.493 e. The van der Waals surface area contributed by atoms with Gasteiger partial charge in [0.05, 0.1) is 19.2 Å². The smallest absolute Gasteiger partial charge is 0.180 e. The molecule has 0 saturated carbocycles. The van der Waals surface area contributed by atoms with Gasteiger partial charge in [-0.05, 0) is 38.6 Å². The molecule has 1 aromatic carbocycles. The highest BCUT2D eigenvalue weighted by Crippen LogP contribution is 2.33. The first-order valence-corrected chi connectivity index (χ1v) is 6.91. The van der Waals surface area contributed by atoms with Crippen molar-refractivity contribution in [2.45, 2.75) is 18.9 Å². The maximum absolute atomic E-state index is 11.9. The van der Waals surface area contributed by atoms with Crippen molar-refractivity contribution in [1.82, 2.24) is 4.90 Å². The van der Waals surface area contributed by atoms with Crippen LogP contribution in [0.1, 0.15) is 23.2 Å². The third-order valence-electron chi connectivity index (χ3n) is 3.55. The topological polar surface area (TPSA) is 64.8 Å². The van der Waals surface area contributed by atoms with Gasteiger partial charge in [0.2, 0.25) is 0 Å². The highest BCUT2D eigenvalue weighted by atomic mass is 16.5. The second-order valence-corrected chi connectivity index (χ2v) is 5.11. The number of hydrogen-bond donors (Lipinski definition) is 1. The molecule has 0 aliphatic carbocycles. The van der Waals surface area contributed by atoms with E-state index in [4.69, 9.17) is 15.2 Å². The zero-order chi connectivity index (χ0) is 14.5. The number of likely N-dealkylation sites (tertiary alicyclic amines) is 1. The Morgan fingerprint density at radius 3 is 2.95 bits per heavy atom. The van der Waals surface area contributed by atoms with Crippen LogP contribution in [-0.4, -0.2) is 50.6 Å². The van der Waals surface area contributed by atoms with Crippen molar-refractivity contribution in [1.29, 1.82) is 0 Å². The van der Waals surface area contributed by atoms with Crippen LogP contribution in [0.5, 0.6) is 11.5 Å². The van der Waals surface area contributed by atoms with Crippen LogP contribution in [0.4, 0.5) is 0 Å². The van der Waals surface area contributed by atoms with Crippen molar-refractivity contribution in [2.75, 3.05) is 33.8 Å². The molecule has 2 N–H and O–H groups in total. The summed E-state index contributed by atoms with van der Waals surface area (Å²) in [6, 6.07) is 5.32. The van der Waals surface area contributed by atoms with Crippen molar-refractivity contribution in [2.24, 2.45) is 5.73 Å². The Balaban J connectivity index is 2.26. The summed E-state index contributed by atoms with van der Waals surface area (Å²) >= 11 is 0. The molecule has 0 aromatic heterocycles. The van der Waals surface area contributed by atoms with E-state index in [0.717, 1.165) is 25.9 Å². The first kappa shape index (κ1) is 14.8. The van der Waals surface area contributed by atoms with Gasteiger partial charge in [-0.2, -0.15) is 0 Å². The van der Waals surface area contributed by atoms with Crippen LogP contribution >= 0.6 is 0 Å². The third kappa shape index (κ3) is 3.29. The van der Waals surface area contributed by atoms with Gasteiger partial charge < -0.3 is 20.1 Å². The first-order chi connectivity index (χ1) is 9.65. The number of carbonyl (C=O) groups excluding carboxylic acids is 1. The number of rotatable bonds is 5. The summed E-state index contributed by atoms with van der Waals surface area (Å²) in [6.07, 6.45) is 2.16. The third-order valence-corrected chi connectivity index (χ3v) is 3.55. The lowest BCUT2D eigenvalue weighted by Gasteiger charge is -2.30. The molecule has 1 atom stereocenters. The molecule has 0 spiro atoms. The molecule has 2 rings (SSSR count). The van der Waals surface area contributed by atoms with Gasteiger partial charge in [0, 0.05) is 6.54 Å². The molecule has 1 aromatic rings. The molecule has 1 fully saturated rings. The van der Waals surface area contributed by atoms with Gasteiger partial charge in [0.1, 0.15) is 6.10 Å². The molecule has 5 nitrogen and oxygen atoms in total. The maximum atomic E-state index is 11.9. The second kappa shape index (κ2) is 6.72. The predicted octanol–water partition coefficient (Wildman–Crippen LogP) is 1.31. The van der Waals surface area contributed by atoms with Crippen molar-refractivity contribution < 1.29 is 14.3 Å². The minimum atomic E-state index is -0.136. The molecule has 5 heteroatoms. The molecule has 110 valence electrons. The van der Waals surface area contributed by atoms with E-state index < -0.39 is 0 Å². The largest absolute Gasteiger partial charge is 0.493 e.